The summed E-state index contributed by atoms with van der Waals surface area (Å²) >= 11 is 0. The summed E-state index contributed by atoms with van der Waals surface area (Å²) in [5.74, 6) is -1.25. The first kappa shape index (κ1) is 14.5. The number of hydrogen-bond donors (Lipinski definition) is 1. The number of allylic oxidation sites excluding steroid dienone is 1. The van der Waals surface area contributed by atoms with Crippen molar-refractivity contribution in [2.45, 2.75) is 19.5 Å². The van der Waals surface area contributed by atoms with E-state index >= 15 is 0 Å². The highest BCUT2D eigenvalue weighted by atomic mass is 19.4. The van der Waals surface area contributed by atoms with E-state index in [2.05, 4.69) is 4.74 Å². The lowest BCUT2D eigenvalue weighted by Crippen LogP contribution is -2.24. The summed E-state index contributed by atoms with van der Waals surface area (Å²) in [4.78, 5) is 21.3. The van der Waals surface area contributed by atoms with Crippen LogP contribution in [0.2, 0.25) is 0 Å². The van der Waals surface area contributed by atoms with Crippen molar-refractivity contribution in [3.63, 3.8) is 0 Å². The molecule has 0 aromatic heterocycles. The molecule has 0 saturated carbocycles. The number of Topliss-reactive ketones (excluding diaryl/α,β-unsaturated/α-hetero) is 1. The molecule has 1 N–H and O–H groups in total. The lowest BCUT2D eigenvalue weighted by atomic mass is 10.3. The SMILES string of the molecule is CNC(=CCOC(=O)CC(C)=O)C(F)(F)F. The van der Waals surface area contributed by atoms with Gasteiger partial charge in [0.15, 0.2) is 0 Å². The first-order valence-corrected chi connectivity index (χ1v) is 4.37. The van der Waals surface area contributed by atoms with Crippen molar-refractivity contribution in [1.29, 1.82) is 0 Å². The van der Waals surface area contributed by atoms with Gasteiger partial charge in [-0.2, -0.15) is 13.2 Å². The van der Waals surface area contributed by atoms with Crippen molar-refractivity contribution in [3.8, 4) is 0 Å². The summed E-state index contributed by atoms with van der Waals surface area (Å²) in [6, 6.07) is 0. The van der Waals surface area contributed by atoms with Gasteiger partial charge in [0.1, 0.15) is 24.5 Å². The third-order valence-corrected chi connectivity index (χ3v) is 1.50. The molecule has 92 valence electrons. The van der Waals surface area contributed by atoms with E-state index in [1.54, 1.807) is 0 Å². The molecule has 0 aromatic carbocycles. The van der Waals surface area contributed by atoms with E-state index in [0.29, 0.717) is 6.08 Å². The van der Waals surface area contributed by atoms with Crippen LogP contribution in [-0.4, -0.2) is 31.6 Å². The molecule has 0 radical (unpaired) electrons. The maximum absolute atomic E-state index is 12.1. The Labute approximate surface area is 90.5 Å². The normalized spacial score (nSPS) is 12.2. The summed E-state index contributed by atoms with van der Waals surface area (Å²) in [7, 11) is 1.11. The molecular weight excluding hydrogens is 227 g/mol. The first-order chi connectivity index (χ1) is 7.27. The van der Waals surface area contributed by atoms with Crippen molar-refractivity contribution in [1.82, 2.24) is 5.32 Å². The zero-order valence-corrected chi connectivity index (χ0v) is 8.85. The molecule has 0 amide bonds. The van der Waals surface area contributed by atoms with Gasteiger partial charge in [-0.1, -0.05) is 0 Å². The summed E-state index contributed by atoms with van der Waals surface area (Å²) in [5.41, 5.74) is -0.997. The Kier molecular flexibility index (Phi) is 5.55. The summed E-state index contributed by atoms with van der Waals surface area (Å²) < 4.78 is 40.8. The number of rotatable bonds is 5. The summed E-state index contributed by atoms with van der Waals surface area (Å²) in [5, 5.41) is 1.93. The minimum atomic E-state index is -4.51. The first-order valence-electron chi connectivity index (χ1n) is 4.37. The van der Waals surface area contributed by atoms with Gasteiger partial charge >= 0.3 is 12.1 Å². The van der Waals surface area contributed by atoms with Crippen LogP contribution in [-0.2, 0) is 14.3 Å². The highest BCUT2D eigenvalue weighted by Crippen LogP contribution is 2.22. The van der Waals surface area contributed by atoms with Crippen LogP contribution in [0.3, 0.4) is 0 Å². The van der Waals surface area contributed by atoms with E-state index in [0.717, 1.165) is 7.05 Å². The van der Waals surface area contributed by atoms with E-state index in [4.69, 9.17) is 0 Å². The molecule has 0 fully saturated rings. The average Bonchev–Trinajstić information content (AvgIpc) is 2.08. The number of ether oxygens (including phenoxy) is 1. The Bertz CT molecular complexity index is 297. The van der Waals surface area contributed by atoms with Crippen molar-refractivity contribution in [2.24, 2.45) is 0 Å². The molecule has 4 nitrogen and oxygen atoms in total. The average molecular weight is 239 g/mol. The van der Waals surface area contributed by atoms with E-state index in [1.807, 2.05) is 5.32 Å². The van der Waals surface area contributed by atoms with Crippen molar-refractivity contribution < 1.29 is 27.5 Å². The van der Waals surface area contributed by atoms with Gasteiger partial charge in [-0.3, -0.25) is 9.59 Å². The maximum atomic E-state index is 12.1. The van der Waals surface area contributed by atoms with Crippen LogP contribution in [0.4, 0.5) is 13.2 Å². The van der Waals surface area contributed by atoms with Crippen molar-refractivity contribution in [3.05, 3.63) is 11.8 Å². The van der Waals surface area contributed by atoms with Gasteiger partial charge in [-0.15, -0.1) is 0 Å². The third kappa shape index (κ3) is 6.05. The molecule has 0 aromatic rings. The van der Waals surface area contributed by atoms with E-state index < -0.39 is 36.7 Å². The quantitative estimate of drug-likeness (QED) is 0.578. The molecule has 0 atom stereocenters. The molecule has 0 aliphatic carbocycles. The van der Waals surface area contributed by atoms with Gasteiger partial charge in [0.05, 0.1) is 0 Å². The molecule has 0 heterocycles. The second-order valence-corrected chi connectivity index (χ2v) is 2.93. The Morgan fingerprint density at radius 1 is 1.38 bits per heavy atom. The highest BCUT2D eigenvalue weighted by Gasteiger charge is 2.32. The van der Waals surface area contributed by atoms with E-state index in [-0.39, 0.29) is 0 Å². The molecule has 16 heavy (non-hydrogen) atoms. The third-order valence-electron chi connectivity index (χ3n) is 1.50. The molecule has 0 saturated heterocycles. The Morgan fingerprint density at radius 2 is 1.94 bits per heavy atom. The predicted molar refractivity (Wildman–Crippen MR) is 49.5 cm³/mol. The zero-order chi connectivity index (χ0) is 12.8. The van der Waals surface area contributed by atoms with Crippen LogP contribution in [0, 0.1) is 0 Å². The minimum absolute atomic E-state index is 0.404. The maximum Gasteiger partial charge on any atom is 0.430 e. The van der Waals surface area contributed by atoms with Gasteiger partial charge in [0, 0.05) is 7.05 Å². The number of ketones is 1. The molecule has 0 rings (SSSR count). The molecule has 0 aliphatic heterocycles. The van der Waals surface area contributed by atoms with Crippen molar-refractivity contribution >= 4 is 11.8 Å². The fourth-order valence-corrected chi connectivity index (χ4v) is 0.832. The lowest BCUT2D eigenvalue weighted by molar-refractivity contribution is -0.144. The Balaban J connectivity index is 4.17. The van der Waals surface area contributed by atoms with Gasteiger partial charge < -0.3 is 10.1 Å². The number of alkyl halides is 3. The monoisotopic (exact) mass is 239 g/mol. The molecular formula is C9H12F3NO3. The lowest BCUT2D eigenvalue weighted by Gasteiger charge is -2.10. The fraction of sp³-hybridized carbons (Fsp3) is 0.556. The summed E-state index contributed by atoms with van der Waals surface area (Å²) in [6.07, 6.45) is -4.26. The van der Waals surface area contributed by atoms with Gasteiger partial charge in [0.2, 0.25) is 0 Å². The van der Waals surface area contributed by atoms with Crippen LogP contribution in [0.5, 0.6) is 0 Å². The Hall–Kier alpha value is -1.53. The summed E-state index contributed by atoms with van der Waals surface area (Å²) in [6.45, 7) is 0.660. The smallest absolute Gasteiger partial charge is 0.430 e. The largest absolute Gasteiger partial charge is 0.461 e. The van der Waals surface area contributed by atoms with Crippen LogP contribution in [0.15, 0.2) is 11.8 Å². The number of nitrogens with one attached hydrogen (secondary N) is 1. The van der Waals surface area contributed by atoms with Gasteiger partial charge in [0.25, 0.3) is 0 Å². The molecule has 0 bridgehead atoms. The number of esters is 1. The van der Waals surface area contributed by atoms with Crippen molar-refractivity contribution in [2.75, 3.05) is 13.7 Å². The fourth-order valence-electron chi connectivity index (χ4n) is 0.832. The number of carbonyl (C=O) groups excluding carboxylic acids is 2. The molecule has 0 unspecified atom stereocenters. The van der Waals surface area contributed by atoms with Gasteiger partial charge in [-0.05, 0) is 13.0 Å². The minimum Gasteiger partial charge on any atom is -0.461 e. The van der Waals surface area contributed by atoms with E-state index in [1.165, 1.54) is 6.92 Å². The molecule has 0 spiro atoms. The standard InChI is InChI=1S/C9H12F3NO3/c1-6(14)5-8(15)16-4-3-7(13-2)9(10,11)12/h3,13H,4-5H2,1-2H3. The Morgan fingerprint density at radius 3 is 2.31 bits per heavy atom. The number of hydrogen-bond acceptors (Lipinski definition) is 4. The van der Waals surface area contributed by atoms with Crippen LogP contribution in [0.25, 0.3) is 0 Å². The number of carbonyl (C=O) groups is 2. The highest BCUT2D eigenvalue weighted by molar-refractivity contribution is 5.94. The van der Waals surface area contributed by atoms with Crippen LogP contribution >= 0.6 is 0 Å². The van der Waals surface area contributed by atoms with Crippen LogP contribution < -0.4 is 5.32 Å². The second kappa shape index (κ2) is 6.14. The molecule has 0 aliphatic rings. The topological polar surface area (TPSA) is 55.4 Å². The number of halogens is 3. The van der Waals surface area contributed by atoms with E-state index in [9.17, 15) is 22.8 Å². The zero-order valence-electron chi connectivity index (χ0n) is 8.85. The molecule has 7 heteroatoms. The van der Waals surface area contributed by atoms with Crippen LogP contribution in [0.1, 0.15) is 13.3 Å². The second-order valence-electron chi connectivity index (χ2n) is 2.93. The predicted octanol–water partition coefficient (Wildman–Crippen LogP) is 1.17. The van der Waals surface area contributed by atoms with Gasteiger partial charge in [-0.25, -0.2) is 0 Å².